The van der Waals surface area contributed by atoms with E-state index in [4.69, 9.17) is 5.73 Å². The fraction of sp³-hybridized carbons (Fsp3) is 0.625. The molecule has 1 aromatic carbocycles. The molecule has 5 nitrogen and oxygen atoms in total. The van der Waals surface area contributed by atoms with Crippen LogP contribution in [-0.4, -0.2) is 38.9 Å². The largest absolute Gasteiger partial charge is 0.397 e. The van der Waals surface area contributed by atoms with Crippen LogP contribution in [0.3, 0.4) is 0 Å². The third kappa shape index (κ3) is 2.94. The summed E-state index contributed by atoms with van der Waals surface area (Å²) in [6.45, 7) is 5.39. The van der Waals surface area contributed by atoms with Crippen LogP contribution >= 0.6 is 0 Å². The van der Waals surface area contributed by atoms with Crippen molar-refractivity contribution in [1.29, 1.82) is 0 Å². The fourth-order valence-electron chi connectivity index (χ4n) is 3.31. The molecule has 2 saturated heterocycles. The third-order valence-electron chi connectivity index (χ3n) is 4.83. The van der Waals surface area contributed by atoms with Gasteiger partial charge in [-0.2, -0.15) is 4.31 Å². The quantitative estimate of drug-likeness (QED) is 0.867. The average molecular weight is 323 g/mol. The molecule has 2 aliphatic heterocycles. The second-order valence-electron chi connectivity index (χ2n) is 6.50. The molecule has 0 amide bonds. The van der Waals surface area contributed by atoms with E-state index in [9.17, 15) is 8.42 Å². The van der Waals surface area contributed by atoms with Crippen molar-refractivity contribution < 1.29 is 8.42 Å². The van der Waals surface area contributed by atoms with Crippen molar-refractivity contribution in [3.05, 3.63) is 18.2 Å². The Morgan fingerprint density at radius 1 is 1.09 bits per heavy atom. The van der Waals surface area contributed by atoms with Crippen LogP contribution in [0.1, 0.15) is 32.6 Å². The van der Waals surface area contributed by atoms with Gasteiger partial charge >= 0.3 is 0 Å². The van der Waals surface area contributed by atoms with Crippen molar-refractivity contribution in [2.24, 2.45) is 5.92 Å². The molecular weight excluding hydrogens is 298 g/mol. The van der Waals surface area contributed by atoms with Gasteiger partial charge in [0.1, 0.15) is 0 Å². The van der Waals surface area contributed by atoms with Crippen LogP contribution < -0.4 is 10.6 Å². The van der Waals surface area contributed by atoms with Gasteiger partial charge in [0.2, 0.25) is 10.0 Å². The number of nitrogen functional groups attached to an aromatic ring is 1. The van der Waals surface area contributed by atoms with Gasteiger partial charge in [-0.1, -0.05) is 6.92 Å². The Bertz CT molecular complexity index is 631. The number of nitrogens with zero attached hydrogens (tertiary/aromatic N) is 2. The lowest BCUT2D eigenvalue weighted by Crippen LogP contribution is -2.37. The van der Waals surface area contributed by atoms with Gasteiger partial charge in [0.15, 0.2) is 0 Å². The Balaban J connectivity index is 1.83. The topological polar surface area (TPSA) is 66.6 Å². The van der Waals surface area contributed by atoms with E-state index >= 15 is 0 Å². The van der Waals surface area contributed by atoms with Crippen LogP contribution in [0.4, 0.5) is 11.4 Å². The van der Waals surface area contributed by atoms with Gasteiger partial charge in [0.25, 0.3) is 0 Å². The Labute approximate surface area is 133 Å². The first kappa shape index (κ1) is 15.6. The van der Waals surface area contributed by atoms with E-state index in [0.29, 0.717) is 29.6 Å². The molecule has 0 spiro atoms. The summed E-state index contributed by atoms with van der Waals surface area (Å²) in [4.78, 5) is 2.55. The minimum atomic E-state index is -3.41. The Hall–Kier alpha value is -1.27. The molecule has 0 bridgehead atoms. The molecule has 0 radical (unpaired) electrons. The lowest BCUT2D eigenvalue weighted by molar-refractivity contribution is 0.288. The maximum Gasteiger partial charge on any atom is 0.243 e. The Morgan fingerprint density at radius 2 is 1.73 bits per heavy atom. The van der Waals surface area contributed by atoms with Crippen molar-refractivity contribution in [3.8, 4) is 0 Å². The Kier molecular flexibility index (Phi) is 4.32. The van der Waals surface area contributed by atoms with Crippen LogP contribution in [-0.2, 0) is 10.0 Å². The van der Waals surface area contributed by atoms with Gasteiger partial charge in [0.05, 0.1) is 16.3 Å². The van der Waals surface area contributed by atoms with Gasteiger partial charge in [-0.05, 0) is 49.8 Å². The minimum absolute atomic E-state index is 0.322. The first-order valence-electron chi connectivity index (χ1n) is 8.13. The lowest BCUT2D eigenvalue weighted by Gasteiger charge is -2.29. The molecule has 0 saturated carbocycles. The zero-order valence-corrected chi connectivity index (χ0v) is 14.0. The first-order valence-corrected chi connectivity index (χ1v) is 9.57. The predicted molar refractivity (Wildman–Crippen MR) is 89.5 cm³/mol. The third-order valence-corrected chi connectivity index (χ3v) is 6.72. The van der Waals surface area contributed by atoms with Gasteiger partial charge in [-0.25, -0.2) is 8.42 Å². The molecule has 0 unspecified atom stereocenters. The highest BCUT2D eigenvalue weighted by molar-refractivity contribution is 7.89. The molecule has 2 N–H and O–H groups in total. The number of sulfonamides is 1. The van der Waals surface area contributed by atoms with Crippen LogP contribution in [0, 0.1) is 5.92 Å². The summed E-state index contributed by atoms with van der Waals surface area (Å²) in [6, 6.07) is 5.19. The molecule has 0 aliphatic carbocycles. The maximum atomic E-state index is 12.7. The smallest absolute Gasteiger partial charge is 0.243 e. The van der Waals surface area contributed by atoms with E-state index in [1.165, 1.54) is 12.8 Å². The molecule has 0 atom stereocenters. The molecule has 1 aromatic rings. The van der Waals surface area contributed by atoms with E-state index in [0.717, 1.165) is 31.6 Å². The standard InChI is InChI=1S/C16H25N3O2S/c1-13-6-10-19(11-7-13)22(20,21)14-4-5-16(15(17)12-14)18-8-2-3-9-18/h4-5,12-13H,2-3,6-11,17H2,1H3. The van der Waals surface area contributed by atoms with Gasteiger partial charge in [0, 0.05) is 26.2 Å². The molecule has 3 rings (SSSR count). The lowest BCUT2D eigenvalue weighted by atomic mass is 10.0. The summed E-state index contributed by atoms with van der Waals surface area (Å²) in [5.41, 5.74) is 7.65. The number of nitrogens with two attached hydrogens (primary N) is 1. The summed E-state index contributed by atoms with van der Waals surface area (Å²) in [7, 11) is -3.41. The summed E-state index contributed by atoms with van der Waals surface area (Å²) < 4.78 is 27.1. The highest BCUT2D eigenvalue weighted by Crippen LogP contribution is 2.31. The maximum absolute atomic E-state index is 12.7. The number of hydrogen-bond acceptors (Lipinski definition) is 4. The number of hydrogen-bond donors (Lipinski definition) is 1. The Morgan fingerprint density at radius 3 is 2.32 bits per heavy atom. The molecule has 2 aliphatic rings. The van der Waals surface area contributed by atoms with E-state index in [2.05, 4.69) is 11.8 Å². The summed E-state index contributed by atoms with van der Waals surface area (Å²) in [5, 5.41) is 0. The van der Waals surface area contributed by atoms with Gasteiger partial charge in [-0.15, -0.1) is 0 Å². The highest BCUT2D eigenvalue weighted by atomic mass is 32.2. The molecule has 2 heterocycles. The zero-order chi connectivity index (χ0) is 15.7. The minimum Gasteiger partial charge on any atom is -0.397 e. The van der Waals surface area contributed by atoms with Crippen LogP contribution in [0.25, 0.3) is 0 Å². The summed E-state index contributed by atoms with van der Waals surface area (Å²) >= 11 is 0. The van der Waals surface area contributed by atoms with E-state index in [-0.39, 0.29) is 0 Å². The fourth-order valence-corrected chi connectivity index (χ4v) is 4.82. The van der Waals surface area contributed by atoms with Gasteiger partial charge in [-0.3, -0.25) is 0 Å². The summed E-state index contributed by atoms with van der Waals surface area (Å²) in [6.07, 6.45) is 4.21. The molecule has 2 fully saturated rings. The van der Waals surface area contributed by atoms with Crippen LogP contribution in [0.2, 0.25) is 0 Å². The predicted octanol–water partition coefficient (Wildman–Crippen LogP) is 2.29. The molecule has 22 heavy (non-hydrogen) atoms. The van der Waals surface area contributed by atoms with E-state index < -0.39 is 10.0 Å². The molecule has 6 heteroatoms. The molecule has 122 valence electrons. The number of rotatable bonds is 3. The molecular formula is C16H25N3O2S. The van der Waals surface area contributed by atoms with E-state index in [1.54, 1.807) is 16.4 Å². The van der Waals surface area contributed by atoms with Crippen molar-refractivity contribution in [2.75, 3.05) is 36.8 Å². The number of benzene rings is 1. The second-order valence-corrected chi connectivity index (χ2v) is 8.44. The van der Waals surface area contributed by atoms with Crippen LogP contribution in [0.5, 0.6) is 0 Å². The monoisotopic (exact) mass is 323 g/mol. The van der Waals surface area contributed by atoms with Crippen molar-refractivity contribution in [1.82, 2.24) is 4.31 Å². The average Bonchev–Trinajstić information content (AvgIpc) is 3.01. The number of piperidine rings is 1. The molecule has 0 aromatic heterocycles. The normalized spacial score (nSPS) is 21.4. The van der Waals surface area contributed by atoms with E-state index in [1.807, 2.05) is 6.07 Å². The SMILES string of the molecule is CC1CCN(S(=O)(=O)c2ccc(N3CCCC3)c(N)c2)CC1. The number of anilines is 2. The second kappa shape index (κ2) is 6.08. The van der Waals surface area contributed by atoms with Crippen molar-refractivity contribution >= 4 is 21.4 Å². The van der Waals surface area contributed by atoms with Crippen molar-refractivity contribution in [3.63, 3.8) is 0 Å². The van der Waals surface area contributed by atoms with Gasteiger partial charge < -0.3 is 10.6 Å². The highest BCUT2D eigenvalue weighted by Gasteiger charge is 2.28. The zero-order valence-electron chi connectivity index (χ0n) is 13.2. The first-order chi connectivity index (χ1) is 10.5. The van der Waals surface area contributed by atoms with Crippen LogP contribution in [0.15, 0.2) is 23.1 Å². The van der Waals surface area contributed by atoms with Crippen molar-refractivity contribution in [2.45, 2.75) is 37.5 Å². The summed E-state index contributed by atoms with van der Waals surface area (Å²) in [5.74, 6) is 0.606.